The maximum atomic E-state index is 12.7. The summed E-state index contributed by atoms with van der Waals surface area (Å²) in [7, 11) is 0. The number of rotatable bonds is 5. The van der Waals surface area contributed by atoms with Crippen LogP contribution < -0.4 is 5.32 Å². The van der Waals surface area contributed by atoms with Gasteiger partial charge in [0.05, 0.1) is 11.9 Å². The quantitative estimate of drug-likeness (QED) is 0.815. The lowest BCUT2D eigenvalue weighted by molar-refractivity contribution is -0.118. The fourth-order valence-electron chi connectivity index (χ4n) is 2.23. The molecule has 1 aliphatic rings. The largest absolute Gasteiger partial charge is 0.393 e. The number of hydrogen-bond donors (Lipinski definition) is 2. The van der Waals surface area contributed by atoms with Crippen LogP contribution in [-0.4, -0.2) is 29.4 Å². The molecule has 19 heavy (non-hydrogen) atoms. The lowest BCUT2D eigenvalue weighted by Crippen LogP contribution is -2.33. The molecule has 1 amide bonds. The highest BCUT2D eigenvalue weighted by atomic mass is 32.2. The van der Waals surface area contributed by atoms with Gasteiger partial charge in [-0.05, 0) is 37.1 Å². The second-order valence-corrected chi connectivity index (χ2v) is 5.85. The first-order valence-electron chi connectivity index (χ1n) is 6.48. The van der Waals surface area contributed by atoms with Gasteiger partial charge in [0, 0.05) is 17.4 Å². The monoisotopic (exact) mass is 283 g/mol. The zero-order valence-electron chi connectivity index (χ0n) is 10.6. The summed E-state index contributed by atoms with van der Waals surface area (Å²) in [5, 5.41) is 12.5. The number of aliphatic hydroxyl groups is 1. The standard InChI is InChI=1S/C14H18FNO2S/c15-11-4-6-12(7-5-11)19-9-14(18)16-8-10-2-1-3-13(10)17/h4-7,10,13,17H,1-3,8-9H2,(H,16,18). The Labute approximate surface area is 116 Å². The van der Waals surface area contributed by atoms with Crippen LogP contribution in [0.5, 0.6) is 0 Å². The van der Waals surface area contributed by atoms with Crippen LogP contribution in [0.1, 0.15) is 19.3 Å². The van der Waals surface area contributed by atoms with E-state index in [9.17, 15) is 14.3 Å². The molecule has 1 fully saturated rings. The number of nitrogens with one attached hydrogen (secondary N) is 1. The Bertz CT molecular complexity index is 424. The Morgan fingerprint density at radius 1 is 1.37 bits per heavy atom. The minimum absolute atomic E-state index is 0.0478. The molecule has 1 aliphatic carbocycles. The van der Waals surface area contributed by atoms with E-state index in [0.717, 1.165) is 24.2 Å². The van der Waals surface area contributed by atoms with Crippen molar-refractivity contribution in [1.82, 2.24) is 5.32 Å². The second kappa shape index (κ2) is 6.91. The van der Waals surface area contributed by atoms with E-state index in [1.807, 2.05) is 0 Å². The lowest BCUT2D eigenvalue weighted by atomic mass is 10.1. The van der Waals surface area contributed by atoms with Gasteiger partial charge in [-0.2, -0.15) is 0 Å². The molecule has 0 radical (unpaired) electrons. The van der Waals surface area contributed by atoms with Gasteiger partial charge in [-0.1, -0.05) is 6.42 Å². The summed E-state index contributed by atoms with van der Waals surface area (Å²) in [6.07, 6.45) is 2.58. The molecule has 0 saturated heterocycles. The molecule has 104 valence electrons. The summed E-state index contributed by atoms with van der Waals surface area (Å²) in [4.78, 5) is 12.5. The van der Waals surface area contributed by atoms with Crippen LogP contribution in [0.4, 0.5) is 4.39 Å². The molecule has 2 rings (SSSR count). The van der Waals surface area contributed by atoms with Crippen molar-refractivity contribution in [3.05, 3.63) is 30.1 Å². The number of thioether (sulfide) groups is 1. The molecule has 3 nitrogen and oxygen atoms in total. The van der Waals surface area contributed by atoms with E-state index in [-0.39, 0.29) is 23.7 Å². The zero-order valence-corrected chi connectivity index (χ0v) is 11.5. The smallest absolute Gasteiger partial charge is 0.230 e. The van der Waals surface area contributed by atoms with Gasteiger partial charge in [0.15, 0.2) is 0 Å². The minimum Gasteiger partial charge on any atom is -0.393 e. The van der Waals surface area contributed by atoms with Crippen molar-refractivity contribution in [1.29, 1.82) is 0 Å². The minimum atomic E-state index is -0.274. The Balaban J connectivity index is 1.68. The van der Waals surface area contributed by atoms with Crippen LogP contribution in [0.15, 0.2) is 29.2 Å². The number of halogens is 1. The fraction of sp³-hybridized carbons (Fsp3) is 0.500. The van der Waals surface area contributed by atoms with Crippen LogP contribution >= 0.6 is 11.8 Å². The number of carbonyl (C=O) groups excluding carboxylic acids is 1. The van der Waals surface area contributed by atoms with Crippen molar-refractivity contribution >= 4 is 17.7 Å². The molecule has 0 spiro atoms. The van der Waals surface area contributed by atoms with Crippen molar-refractivity contribution in [3.63, 3.8) is 0 Å². The SMILES string of the molecule is O=C(CSc1ccc(F)cc1)NCC1CCCC1O. The predicted molar refractivity (Wildman–Crippen MR) is 73.5 cm³/mol. The molecule has 2 atom stereocenters. The molecule has 0 heterocycles. The first kappa shape index (κ1) is 14.3. The first-order chi connectivity index (χ1) is 9.15. The van der Waals surface area contributed by atoms with Gasteiger partial charge in [0.25, 0.3) is 0 Å². The summed E-state index contributed by atoms with van der Waals surface area (Å²) < 4.78 is 12.7. The molecule has 2 N–H and O–H groups in total. The average Bonchev–Trinajstić information content (AvgIpc) is 2.81. The van der Waals surface area contributed by atoms with Crippen LogP contribution in [0.25, 0.3) is 0 Å². The number of amides is 1. The van der Waals surface area contributed by atoms with E-state index in [4.69, 9.17) is 0 Å². The van der Waals surface area contributed by atoms with Crippen molar-refractivity contribution < 1.29 is 14.3 Å². The molecule has 1 aromatic rings. The highest BCUT2D eigenvalue weighted by molar-refractivity contribution is 8.00. The van der Waals surface area contributed by atoms with Gasteiger partial charge >= 0.3 is 0 Å². The van der Waals surface area contributed by atoms with Gasteiger partial charge in [0.2, 0.25) is 5.91 Å². The lowest BCUT2D eigenvalue weighted by Gasteiger charge is -2.14. The maximum absolute atomic E-state index is 12.7. The molecular weight excluding hydrogens is 265 g/mol. The number of benzene rings is 1. The molecule has 5 heteroatoms. The Kier molecular flexibility index (Phi) is 5.22. The van der Waals surface area contributed by atoms with Crippen LogP contribution in [0.2, 0.25) is 0 Å². The number of aliphatic hydroxyl groups excluding tert-OH is 1. The summed E-state index contributed by atoms with van der Waals surface area (Å²) in [6, 6.07) is 6.09. The van der Waals surface area contributed by atoms with Crippen molar-refractivity contribution in [2.75, 3.05) is 12.3 Å². The first-order valence-corrected chi connectivity index (χ1v) is 7.47. The van der Waals surface area contributed by atoms with E-state index in [2.05, 4.69) is 5.32 Å². The van der Waals surface area contributed by atoms with E-state index >= 15 is 0 Å². The van der Waals surface area contributed by atoms with Crippen molar-refractivity contribution in [3.8, 4) is 0 Å². The number of hydrogen-bond acceptors (Lipinski definition) is 3. The van der Waals surface area contributed by atoms with Gasteiger partial charge in [0.1, 0.15) is 5.82 Å². The van der Waals surface area contributed by atoms with Gasteiger partial charge < -0.3 is 10.4 Å². The molecular formula is C14H18FNO2S. The van der Waals surface area contributed by atoms with Crippen LogP contribution in [0, 0.1) is 11.7 Å². The topological polar surface area (TPSA) is 49.3 Å². The van der Waals surface area contributed by atoms with Gasteiger partial charge in [-0.3, -0.25) is 4.79 Å². The van der Waals surface area contributed by atoms with E-state index in [1.165, 1.54) is 23.9 Å². The van der Waals surface area contributed by atoms with Crippen LogP contribution in [0.3, 0.4) is 0 Å². The van der Waals surface area contributed by atoms with E-state index < -0.39 is 0 Å². The molecule has 0 bridgehead atoms. The summed E-state index contributed by atoms with van der Waals surface area (Å²) in [6.45, 7) is 0.546. The van der Waals surface area contributed by atoms with Crippen LogP contribution in [-0.2, 0) is 4.79 Å². The van der Waals surface area contributed by atoms with E-state index in [1.54, 1.807) is 12.1 Å². The maximum Gasteiger partial charge on any atom is 0.230 e. The normalized spacial score (nSPS) is 22.4. The fourth-order valence-corrected chi connectivity index (χ4v) is 2.96. The Morgan fingerprint density at radius 2 is 2.11 bits per heavy atom. The molecule has 2 unspecified atom stereocenters. The van der Waals surface area contributed by atoms with Gasteiger partial charge in [-0.25, -0.2) is 4.39 Å². The van der Waals surface area contributed by atoms with E-state index in [0.29, 0.717) is 12.3 Å². The Hall–Kier alpha value is -1.07. The third kappa shape index (κ3) is 4.51. The Morgan fingerprint density at radius 3 is 2.74 bits per heavy atom. The average molecular weight is 283 g/mol. The highest BCUT2D eigenvalue weighted by Gasteiger charge is 2.25. The molecule has 1 aromatic carbocycles. The number of carbonyl (C=O) groups is 1. The summed E-state index contributed by atoms with van der Waals surface area (Å²) in [5.74, 6) is 0.186. The van der Waals surface area contributed by atoms with Gasteiger partial charge in [-0.15, -0.1) is 11.8 Å². The van der Waals surface area contributed by atoms with Crippen molar-refractivity contribution in [2.45, 2.75) is 30.3 Å². The second-order valence-electron chi connectivity index (χ2n) is 4.81. The molecule has 1 saturated carbocycles. The third-order valence-electron chi connectivity index (χ3n) is 3.36. The predicted octanol–water partition coefficient (Wildman–Crippen LogP) is 2.20. The zero-order chi connectivity index (χ0) is 13.7. The third-order valence-corrected chi connectivity index (χ3v) is 4.38. The summed E-state index contributed by atoms with van der Waals surface area (Å²) >= 11 is 1.38. The summed E-state index contributed by atoms with van der Waals surface area (Å²) in [5.41, 5.74) is 0. The molecule has 0 aliphatic heterocycles. The van der Waals surface area contributed by atoms with Crippen molar-refractivity contribution in [2.24, 2.45) is 5.92 Å². The molecule has 0 aromatic heterocycles. The highest BCUT2D eigenvalue weighted by Crippen LogP contribution is 2.24.